The highest BCUT2D eigenvalue weighted by Crippen LogP contribution is 2.45. The third-order valence-corrected chi connectivity index (χ3v) is 9.09. The Balaban J connectivity index is 1.62. The van der Waals surface area contributed by atoms with Gasteiger partial charge in [-0.05, 0) is 116 Å². The molecule has 0 atom stereocenters. The van der Waals surface area contributed by atoms with Crippen LogP contribution in [0, 0.1) is 6.92 Å². The van der Waals surface area contributed by atoms with Crippen molar-refractivity contribution in [2.45, 2.75) is 6.92 Å². The van der Waals surface area contributed by atoms with Crippen molar-refractivity contribution in [2.24, 2.45) is 0 Å². The molecule has 0 N–H and O–H groups in total. The maximum Gasteiger partial charge on any atom is 0.0332 e. The van der Waals surface area contributed by atoms with Gasteiger partial charge in [0.2, 0.25) is 0 Å². The summed E-state index contributed by atoms with van der Waals surface area (Å²) < 4.78 is 2.31. The molecule has 0 amide bonds. The largest absolute Gasteiger partial charge is 0.0616 e. The monoisotopic (exact) mass is 600 g/mol. The number of hydrogen-bond donors (Lipinski definition) is 0. The van der Waals surface area contributed by atoms with Crippen LogP contribution < -0.4 is 0 Å². The van der Waals surface area contributed by atoms with E-state index in [-0.39, 0.29) is 0 Å². The lowest BCUT2D eigenvalue weighted by molar-refractivity contribution is 1.47. The minimum atomic E-state index is 1.15. The van der Waals surface area contributed by atoms with Crippen LogP contribution in [0.3, 0.4) is 0 Å². The minimum absolute atomic E-state index is 1.15. The molecule has 0 radical (unpaired) electrons. The lowest BCUT2D eigenvalue weighted by Gasteiger charge is -2.18. The van der Waals surface area contributed by atoms with E-state index in [1.54, 1.807) is 0 Å². The molecule has 0 heterocycles. The van der Waals surface area contributed by atoms with Gasteiger partial charge in [-0.2, -0.15) is 0 Å². The second-order valence-electron chi connectivity index (χ2n) is 9.65. The standard InChI is InChI=1S/C35H22Br2/c1-21-18-22(32-24-10-2-6-14-28(24)34(36)29-15-7-3-11-25(29)32)20-23(19-21)33-26-12-4-8-16-30(26)35(37)31-17-9-5-13-27(31)33/h2-20H,1H3. The van der Waals surface area contributed by atoms with Crippen molar-refractivity contribution in [3.05, 3.63) is 130 Å². The molecule has 0 saturated carbocycles. The Morgan fingerprint density at radius 2 is 0.649 bits per heavy atom. The van der Waals surface area contributed by atoms with Crippen LogP contribution in [0.4, 0.5) is 0 Å². The highest BCUT2D eigenvalue weighted by atomic mass is 79.9. The van der Waals surface area contributed by atoms with Crippen molar-refractivity contribution < 1.29 is 0 Å². The number of aryl methyl sites for hydroxylation is 1. The summed E-state index contributed by atoms with van der Waals surface area (Å²) in [5, 5.41) is 9.98. The van der Waals surface area contributed by atoms with Gasteiger partial charge < -0.3 is 0 Å². The van der Waals surface area contributed by atoms with Crippen LogP contribution in [0.1, 0.15) is 5.56 Å². The normalized spacial score (nSPS) is 11.6. The number of benzene rings is 7. The molecule has 176 valence electrons. The van der Waals surface area contributed by atoms with E-state index in [1.807, 2.05) is 0 Å². The van der Waals surface area contributed by atoms with Gasteiger partial charge in [-0.1, -0.05) is 109 Å². The quantitative estimate of drug-likeness (QED) is 0.173. The Hall–Kier alpha value is -3.46. The molecule has 0 nitrogen and oxygen atoms in total. The first-order chi connectivity index (χ1) is 18.1. The maximum absolute atomic E-state index is 3.91. The van der Waals surface area contributed by atoms with E-state index in [4.69, 9.17) is 0 Å². The highest BCUT2D eigenvalue weighted by Gasteiger charge is 2.17. The molecule has 0 saturated heterocycles. The van der Waals surface area contributed by atoms with E-state index < -0.39 is 0 Å². The van der Waals surface area contributed by atoms with Crippen molar-refractivity contribution in [1.82, 2.24) is 0 Å². The molecule has 7 aromatic rings. The fraction of sp³-hybridized carbons (Fsp3) is 0.0286. The van der Waals surface area contributed by atoms with E-state index in [0.29, 0.717) is 0 Å². The Labute approximate surface area is 232 Å². The van der Waals surface area contributed by atoms with Gasteiger partial charge in [0.1, 0.15) is 0 Å². The Kier molecular flexibility index (Phi) is 5.42. The van der Waals surface area contributed by atoms with Crippen molar-refractivity contribution in [2.75, 3.05) is 0 Å². The average Bonchev–Trinajstić information content (AvgIpc) is 2.93. The van der Waals surface area contributed by atoms with Crippen LogP contribution in [-0.2, 0) is 0 Å². The molecule has 0 aliphatic carbocycles. The third kappa shape index (κ3) is 3.54. The second kappa shape index (κ2) is 8.83. The van der Waals surface area contributed by atoms with Gasteiger partial charge in [0.05, 0.1) is 0 Å². The summed E-state index contributed by atoms with van der Waals surface area (Å²) in [6, 6.07) is 41.9. The minimum Gasteiger partial charge on any atom is -0.0616 e. The zero-order chi connectivity index (χ0) is 25.1. The SMILES string of the molecule is Cc1cc(-c2c3ccccc3c(Br)c3ccccc23)cc(-c2c3ccccc3c(Br)c3ccccc23)c1. The number of halogens is 2. The van der Waals surface area contributed by atoms with E-state index in [2.05, 4.69) is 154 Å². The zero-order valence-corrected chi connectivity index (χ0v) is 23.4. The van der Waals surface area contributed by atoms with Crippen molar-refractivity contribution in [3.63, 3.8) is 0 Å². The first kappa shape index (κ1) is 22.7. The molecule has 0 fully saturated rings. The molecule has 7 aromatic carbocycles. The third-order valence-electron chi connectivity index (χ3n) is 7.39. The average molecular weight is 602 g/mol. The van der Waals surface area contributed by atoms with Gasteiger partial charge in [-0.25, -0.2) is 0 Å². The fourth-order valence-electron chi connectivity index (χ4n) is 5.84. The molecule has 2 heteroatoms. The Bertz CT molecular complexity index is 1760. The maximum atomic E-state index is 3.91. The van der Waals surface area contributed by atoms with Crippen molar-refractivity contribution in [3.8, 4) is 22.3 Å². The van der Waals surface area contributed by atoms with E-state index in [1.165, 1.54) is 70.9 Å². The van der Waals surface area contributed by atoms with Crippen LogP contribution in [0.15, 0.2) is 124 Å². The molecule has 0 spiro atoms. The summed E-state index contributed by atoms with van der Waals surface area (Å²) in [7, 11) is 0. The summed E-state index contributed by atoms with van der Waals surface area (Å²) in [5.41, 5.74) is 6.30. The number of rotatable bonds is 2. The fourth-order valence-corrected chi connectivity index (χ4v) is 7.23. The molecular formula is C35H22Br2. The van der Waals surface area contributed by atoms with Crippen LogP contribution in [0.2, 0.25) is 0 Å². The number of hydrogen-bond acceptors (Lipinski definition) is 0. The van der Waals surface area contributed by atoms with E-state index >= 15 is 0 Å². The molecular weight excluding hydrogens is 580 g/mol. The first-order valence-corrected chi connectivity index (χ1v) is 14.0. The molecule has 0 aliphatic rings. The predicted octanol–water partition coefficient (Wildman–Crippen LogP) is 11.5. The summed E-state index contributed by atoms with van der Waals surface area (Å²) >= 11 is 7.82. The highest BCUT2D eigenvalue weighted by molar-refractivity contribution is 9.11. The summed E-state index contributed by atoms with van der Waals surface area (Å²) in [6.07, 6.45) is 0. The van der Waals surface area contributed by atoms with Crippen molar-refractivity contribution in [1.29, 1.82) is 0 Å². The van der Waals surface area contributed by atoms with Gasteiger partial charge in [0.15, 0.2) is 0 Å². The molecule has 0 bridgehead atoms. The lowest BCUT2D eigenvalue weighted by Crippen LogP contribution is -1.91. The van der Waals surface area contributed by atoms with Gasteiger partial charge in [-0.3, -0.25) is 0 Å². The zero-order valence-electron chi connectivity index (χ0n) is 20.2. The molecule has 0 unspecified atom stereocenters. The second-order valence-corrected chi connectivity index (χ2v) is 11.2. The summed E-state index contributed by atoms with van der Waals surface area (Å²) in [4.78, 5) is 0. The smallest absolute Gasteiger partial charge is 0.0332 e. The molecule has 0 aliphatic heterocycles. The van der Waals surface area contributed by atoms with Crippen LogP contribution in [0.5, 0.6) is 0 Å². The van der Waals surface area contributed by atoms with Gasteiger partial charge in [0.25, 0.3) is 0 Å². The predicted molar refractivity (Wildman–Crippen MR) is 167 cm³/mol. The van der Waals surface area contributed by atoms with Gasteiger partial charge >= 0.3 is 0 Å². The number of fused-ring (bicyclic) bond motifs is 4. The van der Waals surface area contributed by atoms with Gasteiger partial charge in [0, 0.05) is 8.95 Å². The molecule has 37 heavy (non-hydrogen) atoms. The first-order valence-electron chi connectivity index (χ1n) is 12.4. The Morgan fingerprint density at radius 3 is 0.946 bits per heavy atom. The van der Waals surface area contributed by atoms with E-state index in [9.17, 15) is 0 Å². The molecule has 7 rings (SSSR count). The van der Waals surface area contributed by atoms with Crippen LogP contribution >= 0.6 is 31.9 Å². The summed E-state index contributed by atoms with van der Waals surface area (Å²) in [6.45, 7) is 2.21. The van der Waals surface area contributed by atoms with Crippen LogP contribution in [-0.4, -0.2) is 0 Å². The lowest BCUT2D eigenvalue weighted by atomic mass is 9.87. The van der Waals surface area contributed by atoms with Crippen LogP contribution in [0.25, 0.3) is 65.3 Å². The Morgan fingerprint density at radius 1 is 0.378 bits per heavy atom. The topological polar surface area (TPSA) is 0 Å². The molecule has 0 aromatic heterocycles. The van der Waals surface area contributed by atoms with Gasteiger partial charge in [-0.15, -0.1) is 0 Å². The summed E-state index contributed by atoms with van der Waals surface area (Å²) in [5.74, 6) is 0. The van der Waals surface area contributed by atoms with E-state index in [0.717, 1.165) is 8.95 Å². The van der Waals surface area contributed by atoms with Crippen molar-refractivity contribution >= 4 is 74.9 Å².